The van der Waals surface area contributed by atoms with Gasteiger partial charge in [-0.2, -0.15) is 0 Å². The van der Waals surface area contributed by atoms with Crippen molar-refractivity contribution in [2.24, 2.45) is 22.2 Å². The van der Waals surface area contributed by atoms with Crippen molar-refractivity contribution >= 4 is 23.5 Å². The van der Waals surface area contributed by atoms with Crippen LogP contribution in [0.25, 0.3) is 0 Å². The van der Waals surface area contributed by atoms with Gasteiger partial charge in [-0.25, -0.2) is 4.99 Å². The number of aryl methyl sites for hydroxylation is 1. The van der Waals surface area contributed by atoms with Crippen molar-refractivity contribution in [2.45, 2.75) is 44.8 Å². The van der Waals surface area contributed by atoms with Gasteiger partial charge in [0.25, 0.3) is 5.91 Å². The molecular formula is C21H37N7O3. The normalized spacial score (nSPS) is 11.5. The summed E-state index contributed by atoms with van der Waals surface area (Å²) in [5, 5.41) is 8.69. The summed E-state index contributed by atoms with van der Waals surface area (Å²) in [6, 6.07) is 7.46. The molecule has 174 valence electrons. The number of hydrogen-bond donors (Lipinski definition) is 6. The highest BCUT2D eigenvalue weighted by atomic mass is 16.5. The summed E-state index contributed by atoms with van der Waals surface area (Å²) in [4.78, 5) is 28.3. The number of rotatable bonds is 16. The lowest BCUT2D eigenvalue weighted by atomic mass is 10.1. The van der Waals surface area contributed by atoms with Gasteiger partial charge in [-0.05, 0) is 69.4 Å². The van der Waals surface area contributed by atoms with Crippen LogP contribution in [0.2, 0.25) is 0 Å². The Morgan fingerprint density at radius 2 is 1.71 bits per heavy atom. The molecule has 0 bridgehead atoms. The maximum atomic E-state index is 12.2. The molecule has 1 rings (SSSR count). The summed E-state index contributed by atoms with van der Waals surface area (Å²) < 4.78 is 5.11. The van der Waals surface area contributed by atoms with E-state index in [9.17, 15) is 9.59 Å². The predicted molar refractivity (Wildman–Crippen MR) is 123 cm³/mol. The molecule has 1 atom stereocenters. The first kappa shape index (κ1) is 26.3. The molecule has 0 heterocycles. The molecule has 10 nitrogen and oxygen atoms in total. The van der Waals surface area contributed by atoms with Crippen LogP contribution in [0.5, 0.6) is 0 Å². The molecule has 0 aliphatic carbocycles. The van der Waals surface area contributed by atoms with Gasteiger partial charge in [0, 0.05) is 20.1 Å². The summed E-state index contributed by atoms with van der Waals surface area (Å²) in [5.41, 5.74) is 17.9. The van der Waals surface area contributed by atoms with Crippen LogP contribution in [0.3, 0.4) is 0 Å². The van der Waals surface area contributed by atoms with Crippen LogP contribution < -0.4 is 33.2 Å². The number of unbranched alkanes of at least 4 members (excludes halogenated alkanes) is 1. The van der Waals surface area contributed by atoms with Gasteiger partial charge in [0.05, 0.1) is 5.69 Å². The maximum Gasteiger partial charge on any atom is 0.270 e. The number of methoxy groups -OCH3 is 1. The van der Waals surface area contributed by atoms with E-state index in [2.05, 4.69) is 20.9 Å². The molecule has 0 fully saturated rings. The Kier molecular flexibility index (Phi) is 13.6. The van der Waals surface area contributed by atoms with Crippen molar-refractivity contribution in [3.05, 3.63) is 29.8 Å². The number of guanidine groups is 1. The summed E-state index contributed by atoms with van der Waals surface area (Å²) in [7, 11) is 1.39. The zero-order chi connectivity index (χ0) is 22.9. The zero-order valence-electron chi connectivity index (χ0n) is 18.4. The van der Waals surface area contributed by atoms with Crippen molar-refractivity contribution in [2.75, 3.05) is 33.3 Å². The number of carbonyl (C=O) groups excluding carboxylic acids is 2. The number of aliphatic imine (C=N–C) groups is 1. The highest BCUT2D eigenvalue weighted by Gasteiger charge is 2.19. The number of nitrogens with zero attached hydrogens (tertiary/aromatic N) is 1. The van der Waals surface area contributed by atoms with Crippen molar-refractivity contribution < 1.29 is 14.3 Å². The minimum atomic E-state index is -0.992. The molecule has 0 saturated heterocycles. The Balaban J connectivity index is 2.23. The van der Waals surface area contributed by atoms with Crippen LogP contribution in [0.1, 0.15) is 37.7 Å². The van der Waals surface area contributed by atoms with Crippen molar-refractivity contribution in [3.63, 3.8) is 0 Å². The molecule has 9 N–H and O–H groups in total. The van der Waals surface area contributed by atoms with Gasteiger partial charge >= 0.3 is 0 Å². The molecule has 1 aromatic carbocycles. The maximum absolute atomic E-state index is 12.2. The predicted octanol–water partition coefficient (Wildman–Crippen LogP) is -0.162. The lowest BCUT2D eigenvalue weighted by Crippen LogP contribution is -2.48. The first-order chi connectivity index (χ1) is 15.0. The Bertz CT molecular complexity index is 676. The van der Waals surface area contributed by atoms with Gasteiger partial charge in [-0.1, -0.05) is 12.1 Å². The summed E-state index contributed by atoms with van der Waals surface area (Å²) >= 11 is 0. The van der Waals surface area contributed by atoms with Crippen molar-refractivity contribution in [3.8, 4) is 0 Å². The van der Waals surface area contributed by atoms with Crippen LogP contribution in [0.15, 0.2) is 29.3 Å². The molecule has 31 heavy (non-hydrogen) atoms. The van der Waals surface area contributed by atoms with E-state index in [-0.39, 0.29) is 24.2 Å². The van der Waals surface area contributed by atoms with Gasteiger partial charge in [-0.3, -0.25) is 9.59 Å². The van der Waals surface area contributed by atoms with E-state index < -0.39 is 6.23 Å². The first-order valence-electron chi connectivity index (χ1n) is 10.7. The second-order valence-electron chi connectivity index (χ2n) is 7.13. The van der Waals surface area contributed by atoms with Gasteiger partial charge in [0.2, 0.25) is 12.1 Å². The fourth-order valence-corrected chi connectivity index (χ4v) is 2.82. The van der Waals surface area contributed by atoms with E-state index in [0.29, 0.717) is 25.2 Å². The lowest BCUT2D eigenvalue weighted by Gasteiger charge is -2.17. The molecule has 0 spiro atoms. The number of benzene rings is 1. The highest BCUT2D eigenvalue weighted by molar-refractivity contribution is 5.86. The number of nitrogens with one attached hydrogen (secondary N) is 3. The molecule has 0 aromatic heterocycles. The topological polar surface area (TPSA) is 170 Å². The summed E-state index contributed by atoms with van der Waals surface area (Å²) in [5.74, 6) is -0.568. The molecule has 2 amide bonds. The molecule has 10 heteroatoms. The zero-order valence-corrected chi connectivity index (χ0v) is 18.4. The quantitative estimate of drug-likeness (QED) is 0.0906. The first-order valence-corrected chi connectivity index (χ1v) is 10.7. The SMILES string of the molecule is COC(NC(=O)CCCc1ccc(N=C(N)N)cc1)C(=O)NCCCCNCCCN. The third kappa shape index (κ3) is 12.6. The summed E-state index contributed by atoms with van der Waals surface area (Å²) in [6.45, 7) is 3.01. The van der Waals surface area contributed by atoms with E-state index in [1.54, 1.807) is 0 Å². The van der Waals surface area contributed by atoms with Gasteiger partial charge in [0.15, 0.2) is 5.96 Å². The minimum absolute atomic E-state index is 0.0106. The third-order valence-electron chi connectivity index (χ3n) is 4.47. The average molecular weight is 436 g/mol. The Hall–Kier alpha value is -2.69. The number of amides is 2. The fourth-order valence-electron chi connectivity index (χ4n) is 2.82. The molecule has 0 radical (unpaired) electrons. The molecule has 0 aliphatic heterocycles. The minimum Gasteiger partial charge on any atom is -0.370 e. The Labute approximate surface area is 184 Å². The fraction of sp³-hybridized carbons (Fsp3) is 0.571. The van der Waals surface area contributed by atoms with E-state index >= 15 is 0 Å². The molecule has 0 aliphatic rings. The molecule has 1 aromatic rings. The third-order valence-corrected chi connectivity index (χ3v) is 4.47. The Morgan fingerprint density at radius 3 is 2.35 bits per heavy atom. The lowest BCUT2D eigenvalue weighted by molar-refractivity contribution is -0.139. The molecular weight excluding hydrogens is 398 g/mol. The van der Waals surface area contributed by atoms with Gasteiger partial charge < -0.3 is 37.9 Å². The van der Waals surface area contributed by atoms with Crippen LogP contribution in [-0.2, 0) is 20.7 Å². The van der Waals surface area contributed by atoms with E-state index in [1.165, 1.54) is 7.11 Å². The second kappa shape index (κ2) is 16.1. The number of ether oxygens (including phenoxy) is 1. The summed E-state index contributed by atoms with van der Waals surface area (Å²) in [6.07, 6.45) is 3.40. The van der Waals surface area contributed by atoms with Crippen LogP contribution in [-0.4, -0.2) is 57.3 Å². The number of hydrogen-bond acceptors (Lipinski definition) is 6. The van der Waals surface area contributed by atoms with Crippen LogP contribution in [0.4, 0.5) is 5.69 Å². The van der Waals surface area contributed by atoms with E-state index in [1.807, 2.05) is 24.3 Å². The van der Waals surface area contributed by atoms with Crippen LogP contribution in [0, 0.1) is 0 Å². The van der Waals surface area contributed by atoms with Crippen molar-refractivity contribution in [1.82, 2.24) is 16.0 Å². The Morgan fingerprint density at radius 1 is 1.03 bits per heavy atom. The van der Waals surface area contributed by atoms with E-state index in [0.717, 1.165) is 44.3 Å². The largest absolute Gasteiger partial charge is 0.370 e. The molecule has 1 unspecified atom stereocenters. The smallest absolute Gasteiger partial charge is 0.270 e. The number of carbonyl (C=O) groups is 2. The van der Waals surface area contributed by atoms with E-state index in [4.69, 9.17) is 21.9 Å². The highest BCUT2D eigenvalue weighted by Crippen LogP contribution is 2.14. The average Bonchev–Trinajstić information content (AvgIpc) is 2.74. The monoisotopic (exact) mass is 435 g/mol. The van der Waals surface area contributed by atoms with Crippen LogP contribution >= 0.6 is 0 Å². The standard InChI is InChI=1S/C21H37N7O3/c1-31-20(19(30)26-15-3-2-13-25-14-5-12-22)28-18(29)7-4-6-16-8-10-17(11-9-16)27-21(23)24/h8-11,20,25H,2-7,12-15,22H2,1H3,(H,26,30)(H,28,29)(H4,23,24,27). The second-order valence-corrected chi connectivity index (χ2v) is 7.13. The number of nitrogens with two attached hydrogens (primary N) is 3. The molecule has 0 saturated carbocycles. The van der Waals surface area contributed by atoms with Crippen molar-refractivity contribution in [1.29, 1.82) is 0 Å². The van der Waals surface area contributed by atoms with Gasteiger partial charge in [0.1, 0.15) is 0 Å². The van der Waals surface area contributed by atoms with Gasteiger partial charge in [-0.15, -0.1) is 0 Å².